The second-order valence-corrected chi connectivity index (χ2v) is 6.66. The molecule has 1 heteroatoms. The summed E-state index contributed by atoms with van der Waals surface area (Å²) in [5.41, 5.74) is 5.18. The van der Waals surface area contributed by atoms with Gasteiger partial charge in [0.15, 0.2) is 0 Å². The quantitative estimate of drug-likeness (QED) is 0.611. The second-order valence-electron chi connectivity index (χ2n) is 6.66. The number of rotatable bonds is 1. The Morgan fingerprint density at radius 2 is 1.62 bits per heavy atom. The van der Waals surface area contributed by atoms with E-state index in [2.05, 4.69) is 45.6 Å². The third-order valence-corrected chi connectivity index (χ3v) is 4.52. The zero-order valence-electron chi connectivity index (χ0n) is 14.3. The van der Waals surface area contributed by atoms with E-state index in [1.807, 2.05) is 6.92 Å². The highest BCUT2D eigenvalue weighted by molar-refractivity contribution is 5.12. The Balaban J connectivity index is 2.89. The average Bonchev–Trinajstić information content (AvgIpc) is 2.41. The van der Waals surface area contributed by atoms with Gasteiger partial charge in [-0.2, -0.15) is 0 Å². The normalized spacial score (nSPS) is 33.7. The van der Waals surface area contributed by atoms with Gasteiger partial charge in [0.1, 0.15) is 0 Å². The summed E-state index contributed by atoms with van der Waals surface area (Å²) in [6.45, 7) is 12.7. The van der Waals surface area contributed by atoms with Crippen LogP contribution in [0, 0.1) is 5.92 Å². The van der Waals surface area contributed by atoms with E-state index in [4.69, 9.17) is 0 Å². The first kappa shape index (κ1) is 18.0. The van der Waals surface area contributed by atoms with Gasteiger partial charge in [-0.05, 0) is 77.7 Å². The topological polar surface area (TPSA) is 20.2 Å². The zero-order chi connectivity index (χ0) is 15.8. The lowest BCUT2D eigenvalue weighted by atomic mass is 9.88. The van der Waals surface area contributed by atoms with Crippen molar-refractivity contribution < 1.29 is 5.11 Å². The van der Waals surface area contributed by atoms with Crippen molar-refractivity contribution in [3.05, 3.63) is 47.1 Å². The zero-order valence-corrected chi connectivity index (χ0v) is 14.3. The Morgan fingerprint density at radius 3 is 2.24 bits per heavy atom. The molecular weight excluding hydrogens is 256 g/mol. The van der Waals surface area contributed by atoms with Crippen LogP contribution < -0.4 is 0 Å². The molecule has 1 rings (SSSR count). The van der Waals surface area contributed by atoms with Crippen molar-refractivity contribution in [2.45, 2.75) is 72.3 Å². The maximum absolute atomic E-state index is 10.4. The van der Waals surface area contributed by atoms with Gasteiger partial charge >= 0.3 is 0 Å². The van der Waals surface area contributed by atoms with Gasteiger partial charge in [-0.15, -0.1) is 0 Å². The van der Waals surface area contributed by atoms with Crippen LogP contribution in [0.3, 0.4) is 0 Å². The summed E-state index contributed by atoms with van der Waals surface area (Å²) < 4.78 is 0. The highest BCUT2D eigenvalue weighted by atomic mass is 16.3. The van der Waals surface area contributed by atoms with Crippen molar-refractivity contribution >= 4 is 0 Å². The lowest BCUT2D eigenvalue weighted by molar-refractivity contribution is 0.182. The van der Waals surface area contributed by atoms with Crippen LogP contribution in [0.4, 0.5) is 0 Å². The Hall–Kier alpha value is -1.08. The van der Waals surface area contributed by atoms with Gasteiger partial charge in [0.05, 0.1) is 6.10 Å². The van der Waals surface area contributed by atoms with Crippen LogP contribution in [0.25, 0.3) is 0 Å². The van der Waals surface area contributed by atoms with Crippen LogP contribution in [0.5, 0.6) is 0 Å². The van der Waals surface area contributed by atoms with Gasteiger partial charge in [-0.25, -0.2) is 0 Å². The number of hydrogen-bond donors (Lipinski definition) is 1. The van der Waals surface area contributed by atoms with E-state index in [1.165, 1.54) is 16.7 Å². The molecule has 1 aliphatic rings. The molecule has 0 spiro atoms. The molecule has 1 aliphatic carbocycles. The minimum atomic E-state index is -0.340. The molecule has 0 amide bonds. The molecule has 0 radical (unpaired) electrons. The molecule has 1 N–H and O–H groups in total. The molecule has 0 saturated carbocycles. The standard InChI is InChI=1S/C20H32O/c1-15(2)19-13-12-17(4)9-6-8-16(3)10-7-11-18(5)20(21)14-19/h8,11-12,19-21H,1,6-7,9-10,13-14H2,2-5H3/b16-8+,17-12+,18-11+/t19?,20-/m0/s1. The smallest absolute Gasteiger partial charge is 0.0753 e. The van der Waals surface area contributed by atoms with Crippen molar-refractivity contribution in [2.24, 2.45) is 5.92 Å². The molecule has 1 unspecified atom stereocenters. The highest BCUT2D eigenvalue weighted by Gasteiger charge is 2.15. The summed E-state index contributed by atoms with van der Waals surface area (Å²) in [6, 6.07) is 0. The summed E-state index contributed by atoms with van der Waals surface area (Å²) in [7, 11) is 0. The average molecular weight is 288 g/mol. The number of hydrogen-bond acceptors (Lipinski definition) is 1. The van der Waals surface area contributed by atoms with E-state index >= 15 is 0 Å². The van der Waals surface area contributed by atoms with Gasteiger partial charge in [0, 0.05) is 0 Å². The van der Waals surface area contributed by atoms with Crippen LogP contribution in [-0.4, -0.2) is 11.2 Å². The first-order valence-electron chi connectivity index (χ1n) is 8.21. The first-order chi connectivity index (χ1) is 9.90. The van der Waals surface area contributed by atoms with Crippen LogP contribution >= 0.6 is 0 Å². The molecule has 0 aromatic rings. The van der Waals surface area contributed by atoms with Crippen molar-refractivity contribution in [3.8, 4) is 0 Å². The second kappa shape index (κ2) is 9.04. The molecular formula is C20H32O. The fraction of sp³-hybridized carbons (Fsp3) is 0.600. The largest absolute Gasteiger partial charge is 0.389 e. The molecule has 0 heterocycles. The molecule has 0 saturated heterocycles. The lowest BCUT2D eigenvalue weighted by Gasteiger charge is -2.21. The Bertz CT molecular complexity index is 437. The number of aliphatic hydroxyl groups excluding tert-OH is 1. The molecule has 0 fully saturated rings. The summed E-state index contributed by atoms with van der Waals surface area (Å²) >= 11 is 0. The third kappa shape index (κ3) is 6.95. The third-order valence-electron chi connectivity index (χ3n) is 4.52. The Kier molecular flexibility index (Phi) is 7.74. The van der Waals surface area contributed by atoms with E-state index in [0.717, 1.165) is 44.1 Å². The molecule has 1 nitrogen and oxygen atoms in total. The van der Waals surface area contributed by atoms with E-state index < -0.39 is 0 Å². The van der Waals surface area contributed by atoms with Gasteiger partial charge < -0.3 is 5.11 Å². The molecule has 0 aliphatic heterocycles. The van der Waals surface area contributed by atoms with Crippen molar-refractivity contribution in [1.29, 1.82) is 0 Å². The van der Waals surface area contributed by atoms with Gasteiger partial charge in [0.25, 0.3) is 0 Å². The Labute approximate surface area is 131 Å². The monoisotopic (exact) mass is 288 g/mol. The lowest BCUT2D eigenvalue weighted by Crippen LogP contribution is -2.15. The van der Waals surface area contributed by atoms with Crippen LogP contribution in [0.15, 0.2) is 47.1 Å². The summed E-state index contributed by atoms with van der Waals surface area (Å²) in [6.07, 6.45) is 12.7. The Morgan fingerprint density at radius 1 is 1.05 bits per heavy atom. The summed E-state index contributed by atoms with van der Waals surface area (Å²) in [5.74, 6) is 0.374. The van der Waals surface area contributed by atoms with E-state index in [0.29, 0.717) is 5.92 Å². The molecule has 118 valence electrons. The summed E-state index contributed by atoms with van der Waals surface area (Å²) in [5, 5.41) is 10.4. The highest BCUT2D eigenvalue weighted by Crippen LogP contribution is 2.25. The van der Waals surface area contributed by atoms with Crippen LogP contribution in [0.2, 0.25) is 0 Å². The van der Waals surface area contributed by atoms with Gasteiger partial charge in [-0.3, -0.25) is 0 Å². The van der Waals surface area contributed by atoms with Gasteiger partial charge in [-0.1, -0.05) is 41.5 Å². The molecule has 2 atom stereocenters. The van der Waals surface area contributed by atoms with E-state index in [-0.39, 0.29) is 6.10 Å². The molecule has 0 bridgehead atoms. The van der Waals surface area contributed by atoms with Crippen LogP contribution in [0.1, 0.15) is 66.2 Å². The van der Waals surface area contributed by atoms with Crippen molar-refractivity contribution in [1.82, 2.24) is 0 Å². The SMILES string of the molecule is C=C(C)C1C/C=C(\C)CC/C=C(\C)CC/C=C(\C)[C@@H](O)C1. The fourth-order valence-electron chi connectivity index (χ4n) is 2.71. The van der Waals surface area contributed by atoms with Crippen LogP contribution in [-0.2, 0) is 0 Å². The van der Waals surface area contributed by atoms with E-state index in [1.54, 1.807) is 0 Å². The van der Waals surface area contributed by atoms with Gasteiger partial charge in [0.2, 0.25) is 0 Å². The predicted octanol–water partition coefficient (Wildman–Crippen LogP) is 5.73. The maximum Gasteiger partial charge on any atom is 0.0753 e. The minimum Gasteiger partial charge on any atom is -0.389 e. The number of allylic oxidation sites excluding steroid dienone is 6. The summed E-state index contributed by atoms with van der Waals surface area (Å²) in [4.78, 5) is 0. The molecule has 0 aromatic carbocycles. The minimum absolute atomic E-state index is 0.340. The fourth-order valence-corrected chi connectivity index (χ4v) is 2.71. The molecule has 0 aromatic heterocycles. The predicted molar refractivity (Wildman–Crippen MR) is 93.3 cm³/mol. The van der Waals surface area contributed by atoms with Crippen molar-refractivity contribution in [3.63, 3.8) is 0 Å². The maximum atomic E-state index is 10.4. The number of aliphatic hydroxyl groups is 1. The first-order valence-corrected chi connectivity index (χ1v) is 8.21. The van der Waals surface area contributed by atoms with Crippen molar-refractivity contribution in [2.75, 3.05) is 0 Å². The molecule has 21 heavy (non-hydrogen) atoms. The van der Waals surface area contributed by atoms with E-state index in [9.17, 15) is 5.11 Å².